The average Bonchev–Trinajstić information content (AvgIpc) is 2.75. The first-order valence-corrected chi connectivity index (χ1v) is 12.0. The normalized spacial score (nSPS) is 18.8. The van der Waals surface area contributed by atoms with Crippen molar-refractivity contribution in [2.24, 2.45) is 5.92 Å². The van der Waals surface area contributed by atoms with Crippen molar-refractivity contribution in [2.75, 3.05) is 44.6 Å². The number of urea groups is 1. The minimum Gasteiger partial charge on any atom is -0.343 e. The molecule has 6 heteroatoms. The van der Waals surface area contributed by atoms with E-state index in [0.717, 1.165) is 68.2 Å². The van der Waals surface area contributed by atoms with E-state index in [4.69, 9.17) is 0 Å². The number of nitrogens with one attached hydrogen (secondary N) is 1. The van der Waals surface area contributed by atoms with Gasteiger partial charge < -0.3 is 20.0 Å². The summed E-state index contributed by atoms with van der Waals surface area (Å²) in [6.07, 6.45) is 5.24. The highest BCUT2D eigenvalue weighted by molar-refractivity contribution is 5.90. The number of aryl methyl sites for hydroxylation is 2. The predicted octanol–water partition coefficient (Wildman–Crippen LogP) is 4.27. The first-order valence-electron chi connectivity index (χ1n) is 12.0. The molecule has 0 atom stereocenters. The van der Waals surface area contributed by atoms with Crippen LogP contribution in [0.1, 0.15) is 57.1 Å². The number of likely N-dealkylation sites (tertiary alicyclic amines) is 2. The molecule has 2 aliphatic heterocycles. The lowest BCUT2D eigenvalue weighted by Crippen LogP contribution is -2.50. The monoisotopic (exact) mass is 428 g/mol. The molecule has 3 rings (SSSR count). The molecular formula is C25H40N4O2. The molecule has 1 aromatic carbocycles. The van der Waals surface area contributed by atoms with Gasteiger partial charge >= 0.3 is 6.03 Å². The number of rotatable bonds is 6. The predicted molar refractivity (Wildman–Crippen MR) is 126 cm³/mol. The highest BCUT2D eigenvalue weighted by atomic mass is 16.2. The second-order valence-corrected chi connectivity index (χ2v) is 9.56. The summed E-state index contributed by atoms with van der Waals surface area (Å²) in [6, 6.07) is 6.33. The van der Waals surface area contributed by atoms with Crippen LogP contribution in [0.4, 0.5) is 10.5 Å². The summed E-state index contributed by atoms with van der Waals surface area (Å²) in [4.78, 5) is 31.5. The second-order valence-electron chi connectivity index (χ2n) is 9.56. The van der Waals surface area contributed by atoms with E-state index in [1.165, 1.54) is 25.9 Å². The van der Waals surface area contributed by atoms with Crippen molar-refractivity contribution in [3.63, 3.8) is 0 Å². The summed E-state index contributed by atoms with van der Waals surface area (Å²) in [5.74, 6) is 0.965. The van der Waals surface area contributed by atoms with Gasteiger partial charge in [-0.2, -0.15) is 0 Å². The van der Waals surface area contributed by atoms with Crippen LogP contribution in [-0.2, 0) is 4.79 Å². The number of hydrogen-bond acceptors (Lipinski definition) is 3. The summed E-state index contributed by atoms with van der Waals surface area (Å²) < 4.78 is 0. The van der Waals surface area contributed by atoms with Gasteiger partial charge in [0.25, 0.3) is 0 Å². The van der Waals surface area contributed by atoms with Gasteiger partial charge in [0.15, 0.2) is 0 Å². The number of hydrogen-bond donors (Lipinski definition) is 1. The molecule has 3 amide bonds. The quantitative estimate of drug-likeness (QED) is 0.736. The molecule has 0 aliphatic carbocycles. The molecule has 1 N–H and O–H groups in total. The summed E-state index contributed by atoms with van der Waals surface area (Å²) in [5, 5.41) is 3.17. The lowest BCUT2D eigenvalue weighted by molar-refractivity contribution is -0.130. The Morgan fingerprint density at radius 2 is 1.74 bits per heavy atom. The molecule has 2 aliphatic rings. The number of piperidine rings is 2. The number of amides is 3. The molecule has 172 valence electrons. The third-order valence-corrected chi connectivity index (χ3v) is 7.00. The Kier molecular flexibility index (Phi) is 8.35. The number of benzene rings is 1. The topological polar surface area (TPSA) is 55.9 Å². The highest BCUT2D eigenvalue weighted by Crippen LogP contribution is 2.22. The number of carbonyl (C=O) groups is 2. The Balaban J connectivity index is 1.62. The molecule has 31 heavy (non-hydrogen) atoms. The summed E-state index contributed by atoms with van der Waals surface area (Å²) in [7, 11) is 0. The van der Waals surface area contributed by atoms with Gasteiger partial charge in [0.05, 0.1) is 0 Å². The van der Waals surface area contributed by atoms with E-state index in [1.54, 1.807) is 6.92 Å². The van der Waals surface area contributed by atoms with Crippen LogP contribution in [0.3, 0.4) is 0 Å². The summed E-state index contributed by atoms with van der Waals surface area (Å²) >= 11 is 0. The molecule has 2 fully saturated rings. The molecular weight excluding hydrogens is 388 g/mol. The number of nitrogens with zero attached hydrogens (tertiary/aromatic N) is 3. The third kappa shape index (κ3) is 6.70. The van der Waals surface area contributed by atoms with E-state index < -0.39 is 0 Å². The molecule has 0 unspecified atom stereocenters. The van der Waals surface area contributed by atoms with Crippen molar-refractivity contribution in [1.82, 2.24) is 14.7 Å². The zero-order valence-electron chi connectivity index (χ0n) is 19.8. The Bertz CT molecular complexity index is 750. The average molecular weight is 429 g/mol. The Morgan fingerprint density at radius 1 is 1.06 bits per heavy atom. The molecule has 1 aromatic rings. The maximum Gasteiger partial charge on any atom is 0.322 e. The lowest BCUT2D eigenvalue weighted by Gasteiger charge is -2.39. The molecule has 2 heterocycles. The van der Waals surface area contributed by atoms with Gasteiger partial charge in [-0.1, -0.05) is 19.1 Å². The molecule has 0 radical (unpaired) electrons. The maximum absolute atomic E-state index is 13.3. The third-order valence-electron chi connectivity index (χ3n) is 7.00. The van der Waals surface area contributed by atoms with E-state index in [0.29, 0.717) is 0 Å². The SMILES string of the molecule is CC(=O)N1CCC(N(CCCN2CCC(C)CC2)C(=O)Nc2cc(C)ccc2C)CC1. The van der Waals surface area contributed by atoms with Gasteiger partial charge in [-0.3, -0.25) is 4.79 Å². The van der Waals surface area contributed by atoms with Crippen LogP contribution in [0.15, 0.2) is 18.2 Å². The smallest absolute Gasteiger partial charge is 0.322 e. The van der Waals surface area contributed by atoms with Crippen LogP contribution in [0, 0.1) is 19.8 Å². The molecule has 0 saturated carbocycles. The first-order chi connectivity index (χ1) is 14.8. The second kappa shape index (κ2) is 11.0. The van der Waals surface area contributed by atoms with E-state index in [1.807, 2.05) is 29.7 Å². The van der Waals surface area contributed by atoms with Crippen LogP contribution in [0.2, 0.25) is 0 Å². The van der Waals surface area contributed by atoms with Gasteiger partial charge in [0, 0.05) is 38.3 Å². The zero-order chi connectivity index (χ0) is 22.4. The summed E-state index contributed by atoms with van der Waals surface area (Å²) in [5.41, 5.74) is 3.11. The van der Waals surface area contributed by atoms with Crippen molar-refractivity contribution >= 4 is 17.6 Å². The standard InChI is InChI=1S/C25H40N4O2/c1-19-8-14-27(15-9-19)12-5-13-29(23-10-16-28(17-11-23)22(4)30)25(31)26-24-18-20(2)6-7-21(24)3/h6-7,18-19,23H,5,8-17H2,1-4H3,(H,26,31). The Hall–Kier alpha value is -2.08. The largest absolute Gasteiger partial charge is 0.343 e. The zero-order valence-corrected chi connectivity index (χ0v) is 19.8. The van der Waals surface area contributed by atoms with Gasteiger partial charge in [-0.15, -0.1) is 0 Å². The Labute approximate surface area is 188 Å². The minimum atomic E-state index is -0.0118. The summed E-state index contributed by atoms with van der Waals surface area (Å²) in [6.45, 7) is 13.7. The minimum absolute atomic E-state index is 0.0118. The molecule has 0 aromatic heterocycles. The van der Waals surface area contributed by atoms with Crippen LogP contribution in [0.5, 0.6) is 0 Å². The van der Waals surface area contributed by atoms with Crippen molar-refractivity contribution in [3.05, 3.63) is 29.3 Å². The fraction of sp³-hybridized carbons (Fsp3) is 0.680. The van der Waals surface area contributed by atoms with Gasteiger partial charge in [-0.05, 0) is 88.7 Å². The van der Waals surface area contributed by atoms with E-state index >= 15 is 0 Å². The highest BCUT2D eigenvalue weighted by Gasteiger charge is 2.29. The van der Waals surface area contributed by atoms with Crippen LogP contribution in [0.25, 0.3) is 0 Å². The van der Waals surface area contributed by atoms with E-state index in [9.17, 15) is 9.59 Å². The molecule has 6 nitrogen and oxygen atoms in total. The molecule has 0 spiro atoms. The Morgan fingerprint density at radius 3 is 2.39 bits per heavy atom. The van der Waals surface area contributed by atoms with Gasteiger partial charge in [-0.25, -0.2) is 4.79 Å². The lowest BCUT2D eigenvalue weighted by atomic mass is 9.99. The van der Waals surface area contributed by atoms with Crippen LogP contribution < -0.4 is 5.32 Å². The van der Waals surface area contributed by atoms with Crippen molar-refractivity contribution in [3.8, 4) is 0 Å². The van der Waals surface area contributed by atoms with Crippen molar-refractivity contribution < 1.29 is 9.59 Å². The van der Waals surface area contributed by atoms with E-state index in [2.05, 4.69) is 29.3 Å². The molecule has 0 bridgehead atoms. The fourth-order valence-corrected chi connectivity index (χ4v) is 4.75. The number of anilines is 1. The maximum atomic E-state index is 13.3. The fourth-order valence-electron chi connectivity index (χ4n) is 4.75. The number of carbonyl (C=O) groups excluding carboxylic acids is 2. The first kappa shape index (κ1) is 23.6. The van der Waals surface area contributed by atoms with Crippen molar-refractivity contribution in [1.29, 1.82) is 0 Å². The van der Waals surface area contributed by atoms with Crippen LogP contribution in [-0.4, -0.2) is 71.9 Å². The van der Waals surface area contributed by atoms with Crippen molar-refractivity contribution in [2.45, 2.75) is 65.8 Å². The van der Waals surface area contributed by atoms with Gasteiger partial charge in [0.2, 0.25) is 5.91 Å². The van der Waals surface area contributed by atoms with E-state index in [-0.39, 0.29) is 18.0 Å². The molecule has 2 saturated heterocycles. The van der Waals surface area contributed by atoms with Crippen LogP contribution >= 0.6 is 0 Å². The van der Waals surface area contributed by atoms with Gasteiger partial charge in [0.1, 0.15) is 0 Å².